The van der Waals surface area contributed by atoms with Crippen molar-refractivity contribution < 1.29 is 4.39 Å². The van der Waals surface area contributed by atoms with E-state index in [0.717, 1.165) is 24.9 Å². The number of hydrogen-bond donors (Lipinski definition) is 1. The molecule has 1 aromatic carbocycles. The Bertz CT molecular complexity index is 439. The number of halogens is 1. The summed E-state index contributed by atoms with van der Waals surface area (Å²) in [6.45, 7) is 2.21. The summed E-state index contributed by atoms with van der Waals surface area (Å²) in [7, 11) is 0. The fourth-order valence-corrected chi connectivity index (χ4v) is 2.39. The van der Waals surface area contributed by atoms with E-state index in [1.54, 1.807) is 0 Å². The zero-order chi connectivity index (χ0) is 12.3. The fourth-order valence-electron chi connectivity index (χ4n) is 2.39. The van der Waals surface area contributed by atoms with E-state index in [1.165, 1.54) is 18.2 Å². The normalized spacial score (nSPS) is 20.4. The van der Waals surface area contributed by atoms with Gasteiger partial charge in [0.05, 0.1) is 11.6 Å². The molecule has 1 aliphatic heterocycles. The summed E-state index contributed by atoms with van der Waals surface area (Å²) in [4.78, 5) is 2.23. The molecule has 0 radical (unpaired) electrons. The molecule has 0 bridgehead atoms. The van der Waals surface area contributed by atoms with Crippen molar-refractivity contribution in [2.24, 2.45) is 5.73 Å². The van der Waals surface area contributed by atoms with E-state index >= 15 is 0 Å². The molecule has 0 saturated carbocycles. The Morgan fingerprint density at radius 3 is 3.06 bits per heavy atom. The van der Waals surface area contributed by atoms with Crippen molar-refractivity contribution >= 4 is 0 Å². The second-order valence-corrected chi connectivity index (χ2v) is 4.42. The van der Waals surface area contributed by atoms with E-state index in [2.05, 4.69) is 11.0 Å². The number of hydrogen-bond acceptors (Lipinski definition) is 3. The van der Waals surface area contributed by atoms with Gasteiger partial charge >= 0.3 is 0 Å². The quantitative estimate of drug-likeness (QED) is 0.863. The van der Waals surface area contributed by atoms with Crippen molar-refractivity contribution in [3.05, 3.63) is 35.1 Å². The van der Waals surface area contributed by atoms with Crippen LogP contribution < -0.4 is 5.73 Å². The molecule has 1 aliphatic rings. The molecule has 1 heterocycles. The molecule has 1 atom stereocenters. The summed E-state index contributed by atoms with van der Waals surface area (Å²) in [5.41, 5.74) is 7.00. The number of benzene rings is 1. The van der Waals surface area contributed by atoms with Crippen LogP contribution in [0, 0.1) is 17.1 Å². The monoisotopic (exact) mass is 233 g/mol. The second kappa shape index (κ2) is 5.26. The number of nitriles is 1. The van der Waals surface area contributed by atoms with Crippen LogP contribution in [-0.4, -0.2) is 24.0 Å². The van der Waals surface area contributed by atoms with Crippen LogP contribution in [0.1, 0.15) is 24.0 Å². The molecule has 0 amide bonds. The van der Waals surface area contributed by atoms with Gasteiger partial charge in [-0.25, -0.2) is 4.39 Å². The van der Waals surface area contributed by atoms with Crippen LogP contribution in [0.3, 0.4) is 0 Å². The third kappa shape index (κ3) is 2.63. The van der Waals surface area contributed by atoms with Crippen LogP contribution in [-0.2, 0) is 6.54 Å². The molecule has 1 fully saturated rings. The largest absolute Gasteiger partial charge is 0.329 e. The van der Waals surface area contributed by atoms with Crippen LogP contribution in [0.15, 0.2) is 18.2 Å². The molecule has 17 heavy (non-hydrogen) atoms. The van der Waals surface area contributed by atoms with Crippen LogP contribution in [0.25, 0.3) is 0 Å². The zero-order valence-corrected chi connectivity index (χ0v) is 9.69. The average Bonchev–Trinajstić information content (AvgIpc) is 2.77. The number of nitrogens with two attached hydrogens (primary N) is 1. The molecule has 2 N–H and O–H groups in total. The third-order valence-corrected chi connectivity index (χ3v) is 3.33. The van der Waals surface area contributed by atoms with Gasteiger partial charge in [-0.3, -0.25) is 4.90 Å². The van der Waals surface area contributed by atoms with Gasteiger partial charge in [-0.2, -0.15) is 5.26 Å². The Morgan fingerprint density at radius 2 is 2.35 bits per heavy atom. The predicted octanol–water partition coefficient (Wildman–Crippen LogP) is 1.62. The Balaban J connectivity index is 2.18. The minimum atomic E-state index is -0.289. The van der Waals surface area contributed by atoms with E-state index in [9.17, 15) is 4.39 Å². The van der Waals surface area contributed by atoms with Gasteiger partial charge in [0.25, 0.3) is 0 Å². The lowest BCUT2D eigenvalue weighted by molar-refractivity contribution is 0.250. The molecular formula is C13H16FN3. The minimum Gasteiger partial charge on any atom is -0.329 e. The molecule has 3 nitrogen and oxygen atoms in total. The smallest absolute Gasteiger partial charge is 0.123 e. The summed E-state index contributed by atoms with van der Waals surface area (Å²) < 4.78 is 13.2. The SMILES string of the molecule is N#Cc1ccc(F)cc1CN1CCCC1CN. The molecule has 90 valence electrons. The van der Waals surface area contributed by atoms with Crippen molar-refractivity contribution in [1.29, 1.82) is 5.26 Å². The highest BCUT2D eigenvalue weighted by Crippen LogP contribution is 2.21. The Morgan fingerprint density at radius 1 is 1.53 bits per heavy atom. The van der Waals surface area contributed by atoms with Crippen LogP contribution in [0.5, 0.6) is 0 Å². The molecule has 0 spiro atoms. The minimum absolute atomic E-state index is 0.289. The van der Waals surface area contributed by atoms with Crippen LogP contribution in [0.2, 0.25) is 0 Å². The topological polar surface area (TPSA) is 53.0 Å². The molecule has 0 aliphatic carbocycles. The van der Waals surface area contributed by atoms with Crippen molar-refractivity contribution in [3.8, 4) is 6.07 Å². The fraction of sp³-hybridized carbons (Fsp3) is 0.462. The van der Waals surface area contributed by atoms with Crippen LogP contribution in [0.4, 0.5) is 4.39 Å². The van der Waals surface area contributed by atoms with Crippen molar-refractivity contribution in [2.45, 2.75) is 25.4 Å². The van der Waals surface area contributed by atoms with E-state index < -0.39 is 0 Å². The van der Waals surface area contributed by atoms with Gasteiger partial charge in [0, 0.05) is 19.1 Å². The highest BCUT2D eigenvalue weighted by atomic mass is 19.1. The first-order chi connectivity index (χ1) is 8.24. The van der Waals surface area contributed by atoms with Gasteiger partial charge < -0.3 is 5.73 Å². The highest BCUT2D eigenvalue weighted by Gasteiger charge is 2.23. The van der Waals surface area contributed by atoms with Crippen molar-refractivity contribution in [3.63, 3.8) is 0 Å². The first kappa shape index (κ1) is 12.0. The van der Waals surface area contributed by atoms with Gasteiger partial charge in [-0.1, -0.05) is 0 Å². The third-order valence-electron chi connectivity index (χ3n) is 3.33. The van der Waals surface area contributed by atoms with E-state index in [-0.39, 0.29) is 5.82 Å². The molecule has 4 heteroatoms. The van der Waals surface area contributed by atoms with Gasteiger partial charge in [-0.15, -0.1) is 0 Å². The average molecular weight is 233 g/mol. The maximum atomic E-state index is 13.2. The molecule has 1 aromatic rings. The van der Waals surface area contributed by atoms with Gasteiger partial charge in [0.2, 0.25) is 0 Å². The number of rotatable bonds is 3. The summed E-state index contributed by atoms with van der Waals surface area (Å²) in [6, 6.07) is 6.79. The summed E-state index contributed by atoms with van der Waals surface area (Å²) >= 11 is 0. The van der Waals surface area contributed by atoms with E-state index in [4.69, 9.17) is 11.0 Å². The highest BCUT2D eigenvalue weighted by molar-refractivity contribution is 5.37. The lowest BCUT2D eigenvalue weighted by Gasteiger charge is -2.23. The molecular weight excluding hydrogens is 217 g/mol. The van der Waals surface area contributed by atoms with Gasteiger partial charge in [-0.05, 0) is 43.1 Å². The molecule has 1 unspecified atom stereocenters. The van der Waals surface area contributed by atoms with Crippen molar-refractivity contribution in [1.82, 2.24) is 4.90 Å². The summed E-state index contributed by atoms with van der Waals surface area (Å²) in [5.74, 6) is -0.289. The number of likely N-dealkylation sites (tertiary alicyclic amines) is 1. The number of nitrogens with zero attached hydrogens (tertiary/aromatic N) is 2. The maximum Gasteiger partial charge on any atom is 0.123 e. The Hall–Kier alpha value is -1.44. The predicted molar refractivity (Wildman–Crippen MR) is 63.6 cm³/mol. The zero-order valence-electron chi connectivity index (χ0n) is 9.69. The van der Waals surface area contributed by atoms with E-state index in [1.807, 2.05) is 0 Å². The van der Waals surface area contributed by atoms with E-state index in [0.29, 0.717) is 24.7 Å². The lowest BCUT2D eigenvalue weighted by Crippen LogP contribution is -2.35. The first-order valence-corrected chi connectivity index (χ1v) is 5.87. The van der Waals surface area contributed by atoms with Crippen LogP contribution >= 0.6 is 0 Å². The van der Waals surface area contributed by atoms with Crippen molar-refractivity contribution in [2.75, 3.05) is 13.1 Å². The standard InChI is InChI=1S/C13H16FN3/c14-12-4-3-10(7-15)11(6-12)9-17-5-1-2-13(17)8-16/h3-4,6,13H,1-2,5,8-9,16H2. The van der Waals surface area contributed by atoms with Gasteiger partial charge in [0.15, 0.2) is 0 Å². The van der Waals surface area contributed by atoms with Gasteiger partial charge in [0.1, 0.15) is 5.82 Å². The second-order valence-electron chi connectivity index (χ2n) is 4.42. The summed E-state index contributed by atoms with van der Waals surface area (Å²) in [5, 5.41) is 8.99. The molecule has 0 aromatic heterocycles. The molecule has 2 rings (SSSR count). The lowest BCUT2D eigenvalue weighted by atomic mass is 10.1. The Kier molecular flexibility index (Phi) is 3.72. The Labute approximate surface area is 101 Å². The first-order valence-electron chi connectivity index (χ1n) is 5.87. The summed E-state index contributed by atoms with van der Waals surface area (Å²) in [6.07, 6.45) is 2.22. The maximum absolute atomic E-state index is 13.2. The molecule has 1 saturated heterocycles.